The molecule has 0 spiro atoms. The highest BCUT2D eigenvalue weighted by atomic mass is 16.2. The number of carbonyl (C=O) groups is 1. The van der Waals surface area contributed by atoms with E-state index in [1.165, 1.54) is 10.7 Å². The van der Waals surface area contributed by atoms with E-state index in [4.69, 9.17) is 0 Å². The van der Waals surface area contributed by atoms with Crippen molar-refractivity contribution in [1.82, 2.24) is 20.0 Å². The lowest BCUT2D eigenvalue weighted by Gasteiger charge is -2.34. The molecule has 1 amide bonds. The van der Waals surface area contributed by atoms with Gasteiger partial charge in [0.2, 0.25) is 0 Å². The lowest BCUT2D eigenvalue weighted by molar-refractivity contribution is 0.0633. The number of aromatic nitrogens is 2. The number of rotatable bonds is 6. The van der Waals surface area contributed by atoms with Gasteiger partial charge in [-0.15, -0.1) is 0 Å². The predicted molar refractivity (Wildman–Crippen MR) is 101 cm³/mol. The number of piperidine rings is 1. The summed E-state index contributed by atoms with van der Waals surface area (Å²) in [6, 6.07) is 12.9. The summed E-state index contributed by atoms with van der Waals surface area (Å²) >= 11 is 0. The van der Waals surface area contributed by atoms with Crippen LogP contribution in [-0.2, 0) is 6.54 Å². The summed E-state index contributed by atoms with van der Waals surface area (Å²) in [4.78, 5) is 27.2. The highest BCUT2D eigenvalue weighted by molar-refractivity contribution is 5.92. The fourth-order valence-electron chi connectivity index (χ4n) is 3.39. The van der Waals surface area contributed by atoms with Crippen molar-refractivity contribution in [2.45, 2.75) is 38.8 Å². The third-order valence-corrected chi connectivity index (χ3v) is 4.74. The summed E-state index contributed by atoms with van der Waals surface area (Å²) in [5.74, 6) is -0.0828. The van der Waals surface area contributed by atoms with E-state index in [9.17, 15) is 9.59 Å². The van der Waals surface area contributed by atoms with E-state index in [-0.39, 0.29) is 17.5 Å². The van der Waals surface area contributed by atoms with Crippen molar-refractivity contribution >= 4 is 5.91 Å². The monoisotopic (exact) mass is 354 g/mol. The summed E-state index contributed by atoms with van der Waals surface area (Å²) in [6.07, 6.45) is 2.81. The summed E-state index contributed by atoms with van der Waals surface area (Å²) in [5, 5.41) is 7.70. The second-order valence-corrected chi connectivity index (χ2v) is 6.68. The fraction of sp³-hybridized carbons (Fsp3) is 0.450. The average Bonchev–Trinajstić information content (AvgIpc) is 2.69. The molecule has 26 heavy (non-hydrogen) atoms. The summed E-state index contributed by atoms with van der Waals surface area (Å²) < 4.78 is 1.37. The molecular formula is C20H26N4O2. The number of nitrogens with one attached hydrogen (secondary N) is 1. The number of nitrogens with zero attached hydrogens (tertiary/aromatic N) is 3. The number of amides is 1. The molecule has 0 bridgehead atoms. The highest BCUT2D eigenvalue weighted by Crippen LogP contribution is 2.15. The van der Waals surface area contributed by atoms with E-state index in [0.29, 0.717) is 18.8 Å². The van der Waals surface area contributed by atoms with Crippen LogP contribution in [0.25, 0.3) is 0 Å². The zero-order valence-corrected chi connectivity index (χ0v) is 15.2. The van der Waals surface area contributed by atoms with Gasteiger partial charge in [-0.1, -0.05) is 37.3 Å². The van der Waals surface area contributed by atoms with Crippen molar-refractivity contribution in [3.63, 3.8) is 0 Å². The molecule has 1 aromatic carbocycles. The first-order valence-electron chi connectivity index (χ1n) is 9.33. The van der Waals surface area contributed by atoms with Gasteiger partial charge in [-0.25, -0.2) is 4.68 Å². The van der Waals surface area contributed by atoms with Crippen LogP contribution < -0.4 is 10.9 Å². The largest absolute Gasteiger partial charge is 0.334 e. The lowest BCUT2D eigenvalue weighted by Crippen LogP contribution is -2.47. The molecule has 1 N–H and O–H groups in total. The highest BCUT2D eigenvalue weighted by Gasteiger charge is 2.26. The molecule has 0 saturated carbocycles. The molecule has 0 aliphatic carbocycles. The van der Waals surface area contributed by atoms with E-state index in [2.05, 4.69) is 17.3 Å². The Labute approximate surface area is 153 Å². The van der Waals surface area contributed by atoms with Crippen LogP contribution in [0.2, 0.25) is 0 Å². The van der Waals surface area contributed by atoms with Crippen LogP contribution in [0.5, 0.6) is 0 Å². The zero-order chi connectivity index (χ0) is 18.4. The third kappa shape index (κ3) is 4.38. The van der Waals surface area contributed by atoms with Gasteiger partial charge < -0.3 is 10.2 Å². The molecule has 138 valence electrons. The van der Waals surface area contributed by atoms with Gasteiger partial charge in [0.05, 0.1) is 6.54 Å². The summed E-state index contributed by atoms with van der Waals surface area (Å²) in [7, 11) is 0. The minimum atomic E-state index is -0.200. The first-order chi connectivity index (χ1) is 12.7. The predicted octanol–water partition coefficient (Wildman–Crippen LogP) is 1.90. The quantitative estimate of drug-likeness (QED) is 0.860. The fourth-order valence-corrected chi connectivity index (χ4v) is 3.39. The molecule has 6 nitrogen and oxygen atoms in total. The van der Waals surface area contributed by atoms with Gasteiger partial charge in [-0.3, -0.25) is 9.59 Å². The Balaban J connectivity index is 1.83. The van der Waals surface area contributed by atoms with E-state index in [1.54, 1.807) is 6.07 Å². The normalized spacial score (nSPS) is 15.0. The number of hydrogen-bond donors (Lipinski definition) is 1. The molecule has 0 radical (unpaired) electrons. The molecule has 1 aliphatic rings. The van der Waals surface area contributed by atoms with Gasteiger partial charge in [0.15, 0.2) is 0 Å². The molecule has 0 unspecified atom stereocenters. The summed E-state index contributed by atoms with van der Waals surface area (Å²) in [6.45, 7) is 5.01. The van der Waals surface area contributed by atoms with E-state index >= 15 is 0 Å². The van der Waals surface area contributed by atoms with E-state index in [1.807, 2.05) is 35.2 Å². The minimum Gasteiger partial charge on any atom is -0.334 e. The molecular weight excluding hydrogens is 328 g/mol. The Hall–Kier alpha value is -2.47. The van der Waals surface area contributed by atoms with Crippen LogP contribution >= 0.6 is 0 Å². The Morgan fingerprint density at radius 2 is 1.92 bits per heavy atom. The first kappa shape index (κ1) is 18.3. The number of carbonyl (C=O) groups excluding carboxylic acids is 1. The van der Waals surface area contributed by atoms with Crippen LogP contribution in [0.1, 0.15) is 42.2 Å². The maximum Gasteiger partial charge on any atom is 0.274 e. The second kappa shape index (κ2) is 8.76. The maximum atomic E-state index is 13.1. The van der Waals surface area contributed by atoms with Gasteiger partial charge in [0.25, 0.3) is 11.5 Å². The smallest absolute Gasteiger partial charge is 0.274 e. The SMILES string of the molecule is CCCN(C(=O)c1ccc(=O)n(Cc2ccccc2)n1)C1CCNCC1. The van der Waals surface area contributed by atoms with Crippen molar-refractivity contribution in [3.05, 3.63) is 64.1 Å². The van der Waals surface area contributed by atoms with Crippen LogP contribution in [0.3, 0.4) is 0 Å². The average molecular weight is 354 g/mol. The van der Waals surface area contributed by atoms with Crippen LogP contribution in [0.15, 0.2) is 47.3 Å². The molecule has 1 saturated heterocycles. The third-order valence-electron chi connectivity index (χ3n) is 4.74. The molecule has 3 rings (SSSR count). The molecule has 2 heterocycles. The van der Waals surface area contributed by atoms with Crippen LogP contribution in [-0.4, -0.2) is 46.3 Å². The minimum absolute atomic E-state index is 0.0828. The standard InChI is InChI=1S/C20H26N4O2/c1-2-14-23(17-10-12-21-13-11-17)20(26)18-8-9-19(25)24(22-18)15-16-6-4-3-5-7-16/h3-9,17,21H,2,10-15H2,1H3. The molecule has 6 heteroatoms. The van der Waals surface area contributed by atoms with Crippen molar-refractivity contribution in [3.8, 4) is 0 Å². The number of benzene rings is 1. The lowest BCUT2D eigenvalue weighted by atomic mass is 10.0. The number of hydrogen-bond acceptors (Lipinski definition) is 4. The van der Waals surface area contributed by atoms with Gasteiger partial charge in [0, 0.05) is 18.7 Å². The zero-order valence-electron chi connectivity index (χ0n) is 15.2. The Morgan fingerprint density at radius 1 is 1.19 bits per heavy atom. The van der Waals surface area contributed by atoms with E-state index < -0.39 is 0 Å². The topological polar surface area (TPSA) is 67.2 Å². The molecule has 1 fully saturated rings. The molecule has 1 aliphatic heterocycles. The molecule has 1 aromatic heterocycles. The second-order valence-electron chi connectivity index (χ2n) is 6.68. The molecule has 2 aromatic rings. The Kier molecular flexibility index (Phi) is 6.17. The van der Waals surface area contributed by atoms with Gasteiger partial charge in [-0.2, -0.15) is 5.10 Å². The van der Waals surface area contributed by atoms with Crippen molar-refractivity contribution in [2.75, 3.05) is 19.6 Å². The molecule has 0 atom stereocenters. The Bertz CT molecular complexity index is 782. The maximum absolute atomic E-state index is 13.1. The van der Waals surface area contributed by atoms with Crippen molar-refractivity contribution in [2.24, 2.45) is 0 Å². The van der Waals surface area contributed by atoms with Crippen LogP contribution in [0.4, 0.5) is 0 Å². The van der Waals surface area contributed by atoms with E-state index in [0.717, 1.165) is 37.9 Å². The van der Waals surface area contributed by atoms with Crippen molar-refractivity contribution in [1.29, 1.82) is 0 Å². The summed E-state index contributed by atoms with van der Waals surface area (Å²) in [5.41, 5.74) is 1.12. The van der Waals surface area contributed by atoms with Gasteiger partial charge in [-0.05, 0) is 44.0 Å². The van der Waals surface area contributed by atoms with Crippen LogP contribution in [0, 0.1) is 0 Å². The van der Waals surface area contributed by atoms with Crippen molar-refractivity contribution < 1.29 is 4.79 Å². The Morgan fingerprint density at radius 3 is 2.62 bits per heavy atom. The van der Waals surface area contributed by atoms with Gasteiger partial charge in [0.1, 0.15) is 5.69 Å². The first-order valence-corrected chi connectivity index (χ1v) is 9.33. The van der Waals surface area contributed by atoms with Gasteiger partial charge >= 0.3 is 0 Å².